The largest absolute Gasteiger partial charge is 0.481 e. The lowest BCUT2D eigenvalue weighted by atomic mass is 10.1. The summed E-state index contributed by atoms with van der Waals surface area (Å²) >= 11 is 0. The molecule has 1 rings (SSSR count). The number of methoxy groups -OCH3 is 1. The number of likely N-dealkylation sites (tertiary alicyclic amines) is 1. The Morgan fingerprint density at radius 2 is 2.24 bits per heavy atom. The maximum absolute atomic E-state index is 11.9. The van der Waals surface area contributed by atoms with Crippen molar-refractivity contribution in [2.24, 2.45) is 5.92 Å². The van der Waals surface area contributed by atoms with Crippen LogP contribution in [-0.4, -0.2) is 67.3 Å². The highest BCUT2D eigenvalue weighted by Gasteiger charge is 2.31. The van der Waals surface area contributed by atoms with Gasteiger partial charge in [-0.2, -0.15) is 0 Å². The molecule has 0 aromatic carbocycles. The van der Waals surface area contributed by atoms with Crippen LogP contribution >= 0.6 is 0 Å². The minimum atomic E-state index is -0.817. The normalized spacial score (nSPS) is 19.4. The van der Waals surface area contributed by atoms with Gasteiger partial charge in [0.2, 0.25) is 0 Å². The van der Waals surface area contributed by atoms with E-state index >= 15 is 0 Å². The molecular weight excluding hydrogens is 224 g/mol. The van der Waals surface area contributed by atoms with E-state index < -0.39 is 11.9 Å². The van der Waals surface area contributed by atoms with E-state index in [-0.39, 0.29) is 6.03 Å². The number of carbonyl (C=O) groups excluding carboxylic acids is 1. The lowest BCUT2D eigenvalue weighted by Gasteiger charge is -2.24. The second kappa shape index (κ2) is 6.44. The third-order valence-electron chi connectivity index (χ3n) is 2.98. The van der Waals surface area contributed by atoms with Crippen LogP contribution in [0.2, 0.25) is 0 Å². The van der Waals surface area contributed by atoms with Crippen molar-refractivity contribution in [3.05, 3.63) is 0 Å². The van der Waals surface area contributed by atoms with Gasteiger partial charge in [0, 0.05) is 40.4 Å². The fourth-order valence-corrected chi connectivity index (χ4v) is 1.92. The number of ether oxygens (including phenoxy) is 1. The van der Waals surface area contributed by atoms with Gasteiger partial charge in [-0.25, -0.2) is 4.79 Å². The maximum Gasteiger partial charge on any atom is 0.319 e. The molecule has 1 fully saturated rings. The molecule has 98 valence electrons. The van der Waals surface area contributed by atoms with E-state index in [1.54, 1.807) is 24.0 Å². The first-order valence-electron chi connectivity index (χ1n) is 5.78. The molecule has 1 saturated heterocycles. The monoisotopic (exact) mass is 244 g/mol. The fraction of sp³-hybridized carbons (Fsp3) is 0.818. The number of carboxylic acid groups (broad SMARTS) is 1. The van der Waals surface area contributed by atoms with Crippen LogP contribution in [0.5, 0.6) is 0 Å². The zero-order valence-corrected chi connectivity index (χ0v) is 10.4. The van der Waals surface area contributed by atoms with Crippen LogP contribution in [0.4, 0.5) is 4.79 Å². The molecular formula is C11H20N2O4. The third kappa shape index (κ3) is 3.89. The predicted molar refractivity (Wildman–Crippen MR) is 61.8 cm³/mol. The number of aliphatic carboxylic acids is 1. The predicted octanol–water partition coefficient (Wildman–Crippen LogP) is 0.481. The van der Waals surface area contributed by atoms with Crippen LogP contribution in [-0.2, 0) is 9.53 Å². The molecule has 0 saturated carbocycles. The first-order valence-corrected chi connectivity index (χ1v) is 5.78. The van der Waals surface area contributed by atoms with E-state index in [1.807, 2.05) is 0 Å². The van der Waals surface area contributed by atoms with Gasteiger partial charge in [-0.1, -0.05) is 0 Å². The molecule has 0 bridgehead atoms. The highest BCUT2D eigenvalue weighted by atomic mass is 16.5. The van der Waals surface area contributed by atoms with E-state index in [9.17, 15) is 9.59 Å². The van der Waals surface area contributed by atoms with Crippen molar-refractivity contribution in [1.29, 1.82) is 0 Å². The van der Waals surface area contributed by atoms with Gasteiger partial charge >= 0.3 is 12.0 Å². The maximum atomic E-state index is 11.9. The van der Waals surface area contributed by atoms with Gasteiger partial charge in [-0.3, -0.25) is 4.79 Å². The Morgan fingerprint density at radius 3 is 2.76 bits per heavy atom. The van der Waals surface area contributed by atoms with Gasteiger partial charge in [0.05, 0.1) is 5.92 Å². The number of hydrogen-bond donors (Lipinski definition) is 1. The Kier molecular flexibility index (Phi) is 5.21. The average Bonchev–Trinajstić information content (AvgIpc) is 2.77. The molecule has 1 atom stereocenters. The minimum Gasteiger partial charge on any atom is -0.481 e. The number of amides is 2. The molecule has 0 aromatic rings. The van der Waals surface area contributed by atoms with E-state index in [4.69, 9.17) is 9.84 Å². The van der Waals surface area contributed by atoms with Crippen molar-refractivity contribution < 1.29 is 19.4 Å². The molecule has 1 heterocycles. The lowest BCUT2D eigenvalue weighted by Crippen LogP contribution is -2.40. The SMILES string of the molecule is COCCCN(C)C(=O)N1CCC(C(=O)O)C1. The van der Waals surface area contributed by atoms with Crippen molar-refractivity contribution in [2.75, 3.05) is 40.4 Å². The topological polar surface area (TPSA) is 70.1 Å². The van der Waals surface area contributed by atoms with Gasteiger partial charge in [-0.15, -0.1) is 0 Å². The molecule has 1 aliphatic heterocycles. The zero-order chi connectivity index (χ0) is 12.8. The second-order valence-electron chi connectivity index (χ2n) is 4.32. The molecule has 0 spiro atoms. The summed E-state index contributed by atoms with van der Waals surface area (Å²) in [6.07, 6.45) is 1.34. The van der Waals surface area contributed by atoms with Gasteiger partial charge in [-0.05, 0) is 12.8 Å². The van der Waals surface area contributed by atoms with Crippen molar-refractivity contribution in [1.82, 2.24) is 9.80 Å². The first-order chi connectivity index (χ1) is 8.06. The molecule has 0 aliphatic carbocycles. The second-order valence-corrected chi connectivity index (χ2v) is 4.32. The quantitative estimate of drug-likeness (QED) is 0.714. The summed E-state index contributed by atoms with van der Waals surface area (Å²) in [5, 5.41) is 8.86. The highest BCUT2D eigenvalue weighted by molar-refractivity contribution is 5.77. The number of carboxylic acids is 1. The molecule has 6 heteroatoms. The highest BCUT2D eigenvalue weighted by Crippen LogP contribution is 2.17. The van der Waals surface area contributed by atoms with Gasteiger partial charge in [0.1, 0.15) is 0 Å². The molecule has 2 amide bonds. The molecule has 6 nitrogen and oxygen atoms in total. The zero-order valence-electron chi connectivity index (χ0n) is 10.4. The molecule has 1 N–H and O–H groups in total. The van der Waals surface area contributed by atoms with Crippen LogP contribution < -0.4 is 0 Å². The number of urea groups is 1. The third-order valence-corrected chi connectivity index (χ3v) is 2.98. The summed E-state index contributed by atoms with van der Waals surface area (Å²) in [4.78, 5) is 25.9. The van der Waals surface area contributed by atoms with Crippen molar-refractivity contribution in [3.8, 4) is 0 Å². The van der Waals surface area contributed by atoms with Gasteiger partial charge < -0.3 is 19.6 Å². The number of carbonyl (C=O) groups is 2. The molecule has 17 heavy (non-hydrogen) atoms. The van der Waals surface area contributed by atoms with Crippen LogP contribution in [0.25, 0.3) is 0 Å². The smallest absolute Gasteiger partial charge is 0.319 e. The summed E-state index contributed by atoms with van der Waals surface area (Å²) in [5.74, 6) is -1.23. The standard InChI is InChI=1S/C11H20N2O4/c1-12(5-3-7-17-2)11(16)13-6-4-9(8-13)10(14)15/h9H,3-8H2,1-2H3,(H,14,15). The summed E-state index contributed by atoms with van der Waals surface area (Å²) in [6, 6.07) is -0.0927. The van der Waals surface area contributed by atoms with Crippen LogP contribution in [0.15, 0.2) is 0 Å². The summed E-state index contributed by atoms with van der Waals surface area (Å²) in [7, 11) is 3.35. The van der Waals surface area contributed by atoms with Gasteiger partial charge in [0.25, 0.3) is 0 Å². The molecule has 0 aromatic heterocycles. The van der Waals surface area contributed by atoms with Crippen molar-refractivity contribution in [2.45, 2.75) is 12.8 Å². The Morgan fingerprint density at radius 1 is 1.53 bits per heavy atom. The Balaban J connectivity index is 2.35. The van der Waals surface area contributed by atoms with Crippen LogP contribution in [0, 0.1) is 5.92 Å². The van der Waals surface area contributed by atoms with Crippen LogP contribution in [0.3, 0.4) is 0 Å². The number of rotatable bonds is 5. The molecule has 1 aliphatic rings. The van der Waals surface area contributed by atoms with E-state index in [0.29, 0.717) is 32.7 Å². The Labute approximate surface area is 101 Å². The summed E-state index contributed by atoms with van der Waals surface area (Å²) in [6.45, 7) is 2.10. The molecule has 1 unspecified atom stereocenters. The fourth-order valence-electron chi connectivity index (χ4n) is 1.92. The van der Waals surface area contributed by atoms with E-state index in [0.717, 1.165) is 6.42 Å². The van der Waals surface area contributed by atoms with Crippen molar-refractivity contribution in [3.63, 3.8) is 0 Å². The van der Waals surface area contributed by atoms with Crippen molar-refractivity contribution >= 4 is 12.0 Å². The number of nitrogens with zero attached hydrogens (tertiary/aromatic N) is 2. The van der Waals surface area contributed by atoms with E-state index in [2.05, 4.69) is 0 Å². The summed E-state index contributed by atoms with van der Waals surface area (Å²) in [5.41, 5.74) is 0. The van der Waals surface area contributed by atoms with Gasteiger partial charge in [0.15, 0.2) is 0 Å². The first kappa shape index (κ1) is 13.8. The minimum absolute atomic E-state index is 0.0927. The lowest BCUT2D eigenvalue weighted by molar-refractivity contribution is -0.141. The molecule has 0 radical (unpaired) electrons. The Hall–Kier alpha value is -1.30. The number of hydrogen-bond acceptors (Lipinski definition) is 3. The summed E-state index contributed by atoms with van der Waals surface area (Å²) < 4.78 is 4.92. The van der Waals surface area contributed by atoms with E-state index in [1.165, 1.54) is 0 Å². The average molecular weight is 244 g/mol. The van der Waals surface area contributed by atoms with Crippen LogP contribution in [0.1, 0.15) is 12.8 Å². The Bertz CT molecular complexity index is 283.